The van der Waals surface area contributed by atoms with Gasteiger partial charge >= 0.3 is 6.18 Å². The highest BCUT2D eigenvalue weighted by atomic mass is 19.4. The second-order valence-electron chi connectivity index (χ2n) is 3.59. The van der Waals surface area contributed by atoms with Crippen LogP contribution in [0.2, 0.25) is 0 Å². The van der Waals surface area contributed by atoms with Gasteiger partial charge in [-0.05, 0) is 6.92 Å². The van der Waals surface area contributed by atoms with E-state index in [1.54, 1.807) is 6.92 Å². The lowest BCUT2D eigenvalue weighted by Gasteiger charge is -2.25. The minimum Gasteiger partial charge on any atom is -0.322 e. The van der Waals surface area contributed by atoms with E-state index in [2.05, 4.69) is 4.98 Å². The van der Waals surface area contributed by atoms with Crippen molar-refractivity contribution in [2.45, 2.75) is 40.0 Å². The van der Waals surface area contributed by atoms with Gasteiger partial charge in [0.25, 0.3) is 0 Å². The van der Waals surface area contributed by atoms with Crippen LogP contribution < -0.4 is 5.84 Å². The van der Waals surface area contributed by atoms with Crippen molar-refractivity contribution in [3.63, 3.8) is 0 Å². The van der Waals surface area contributed by atoms with Crippen LogP contribution in [0.5, 0.6) is 0 Å². The molecule has 0 spiro atoms. The van der Waals surface area contributed by atoms with Crippen molar-refractivity contribution in [2.75, 3.05) is 6.54 Å². The number of hydrazine groups is 1. The second-order valence-corrected chi connectivity index (χ2v) is 3.59. The third-order valence-corrected chi connectivity index (χ3v) is 2.49. The number of nitrogens with two attached hydrogens (primary N) is 1. The first-order valence-corrected chi connectivity index (χ1v) is 5.52. The molecule has 4 nitrogen and oxygen atoms in total. The van der Waals surface area contributed by atoms with Crippen molar-refractivity contribution in [3.8, 4) is 0 Å². The van der Waals surface area contributed by atoms with Crippen LogP contribution in [-0.4, -0.2) is 21.1 Å². The third kappa shape index (κ3) is 2.78. The molecule has 2 rings (SSSR count). The van der Waals surface area contributed by atoms with Gasteiger partial charge in [0.05, 0.1) is 17.9 Å². The van der Waals surface area contributed by atoms with E-state index in [-0.39, 0.29) is 6.54 Å². The van der Waals surface area contributed by atoms with Gasteiger partial charge in [0, 0.05) is 13.1 Å². The van der Waals surface area contributed by atoms with Crippen molar-refractivity contribution in [3.05, 3.63) is 17.2 Å². The number of hydrogen-bond acceptors (Lipinski definition) is 3. The molecule has 0 atom stereocenters. The summed E-state index contributed by atoms with van der Waals surface area (Å²) in [6, 6.07) is 0. The van der Waals surface area contributed by atoms with Crippen LogP contribution in [-0.2, 0) is 19.3 Å². The Morgan fingerprint density at radius 1 is 1.24 bits per heavy atom. The topological polar surface area (TPSA) is 47.1 Å². The average Bonchev–Trinajstić information content (AvgIpc) is 2.59. The van der Waals surface area contributed by atoms with E-state index in [4.69, 9.17) is 5.84 Å². The van der Waals surface area contributed by atoms with Gasteiger partial charge < -0.3 is 4.57 Å². The highest BCUT2D eigenvalue weighted by molar-refractivity contribution is 5.19. The lowest BCUT2D eigenvalue weighted by Crippen LogP contribution is -2.39. The number of rotatable bonds is 0. The molecule has 0 amide bonds. The molecular weight excluding hydrogens is 233 g/mol. The zero-order chi connectivity index (χ0) is 13.2. The van der Waals surface area contributed by atoms with Gasteiger partial charge in [-0.15, -0.1) is 0 Å². The maximum atomic E-state index is 12.6. The number of imidazole rings is 1. The molecule has 0 fully saturated rings. The maximum Gasteiger partial charge on any atom is 0.449 e. The van der Waals surface area contributed by atoms with Crippen molar-refractivity contribution < 1.29 is 13.2 Å². The number of alkyl halides is 3. The predicted octanol–water partition coefficient (Wildman–Crippen LogP) is 1.93. The van der Waals surface area contributed by atoms with Crippen LogP contribution in [0.25, 0.3) is 0 Å². The summed E-state index contributed by atoms with van der Waals surface area (Å²) in [7, 11) is 0. The van der Waals surface area contributed by atoms with Gasteiger partial charge in [0.15, 0.2) is 0 Å². The van der Waals surface area contributed by atoms with E-state index in [9.17, 15) is 13.2 Å². The zero-order valence-corrected chi connectivity index (χ0v) is 10.2. The van der Waals surface area contributed by atoms with Crippen LogP contribution in [0.15, 0.2) is 0 Å². The Kier molecular flexibility index (Phi) is 4.16. The molecule has 98 valence electrons. The molecule has 17 heavy (non-hydrogen) atoms. The molecule has 0 radical (unpaired) electrons. The number of halogens is 3. The Morgan fingerprint density at radius 3 is 2.35 bits per heavy atom. The first-order valence-electron chi connectivity index (χ1n) is 5.52. The summed E-state index contributed by atoms with van der Waals surface area (Å²) < 4.78 is 38.9. The first-order chi connectivity index (χ1) is 7.89. The Hall–Kier alpha value is -1.08. The Balaban J connectivity index is 0.000000686. The van der Waals surface area contributed by atoms with E-state index in [1.165, 1.54) is 9.58 Å². The van der Waals surface area contributed by atoms with Gasteiger partial charge in [0.2, 0.25) is 5.82 Å². The highest BCUT2D eigenvalue weighted by Gasteiger charge is 2.39. The minimum absolute atomic E-state index is 0.238. The molecule has 1 aromatic heterocycles. The third-order valence-electron chi connectivity index (χ3n) is 2.49. The molecule has 1 aliphatic heterocycles. The van der Waals surface area contributed by atoms with E-state index in [0.29, 0.717) is 24.5 Å². The average molecular weight is 250 g/mol. The molecule has 1 aliphatic rings. The predicted molar refractivity (Wildman–Crippen MR) is 57.9 cm³/mol. The fourth-order valence-electron chi connectivity index (χ4n) is 1.76. The van der Waals surface area contributed by atoms with Crippen LogP contribution >= 0.6 is 0 Å². The Morgan fingerprint density at radius 2 is 1.82 bits per heavy atom. The molecular formula is C10H17F3N4. The van der Waals surface area contributed by atoms with Crippen molar-refractivity contribution >= 4 is 0 Å². The monoisotopic (exact) mass is 250 g/mol. The van der Waals surface area contributed by atoms with Crippen LogP contribution in [0.1, 0.15) is 31.1 Å². The Bertz CT molecular complexity index is 384. The minimum atomic E-state index is -4.39. The fraction of sp³-hybridized carbons (Fsp3) is 0.700. The largest absolute Gasteiger partial charge is 0.449 e. The van der Waals surface area contributed by atoms with E-state index >= 15 is 0 Å². The molecule has 0 bridgehead atoms. The number of aryl methyl sites for hydroxylation is 1. The smallest absolute Gasteiger partial charge is 0.322 e. The second kappa shape index (κ2) is 5.05. The van der Waals surface area contributed by atoms with Crippen molar-refractivity contribution in [1.29, 1.82) is 0 Å². The van der Waals surface area contributed by atoms with E-state index in [1.807, 2.05) is 13.8 Å². The van der Waals surface area contributed by atoms with Crippen molar-refractivity contribution in [2.24, 2.45) is 5.84 Å². The molecule has 0 saturated carbocycles. The number of aromatic nitrogens is 2. The summed E-state index contributed by atoms with van der Waals surface area (Å²) >= 11 is 0. The normalized spacial score (nSPS) is 16.2. The van der Waals surface area contributed by atoms with Gasteiger partial charge in [-0.3, -0.25) is 5.84 Å². The van der Waals surface area contributed by atoms with E-state index < -0.39 is 12.0 Å². The van der Waals surface area contributed by atoms with Gasteiger partial charge in [-0.1, -0.05) is 13.8 Å². The zero-order valence-electron chi connectivity index (χ0n) is 10.2. The molecule has 2 N–H and O–H groups in total. The molecule has 0 aromatic carbocycles. The number of fused-ring (bicyclic) bond motifs is 1. The van der Waals surface area contributed by atoms with Gasteiger partial charge in [-0.25, -0.2) is 9.99 Å². The first kappa shape index (κ1) is 14.0. The SMILES string of the molecule is CC.Cc1nc(C(F)(F)F)n2c1CN(N)CC2. The quantitative estimate of drug-likeness (QED) is 0.716. The molecule has 1 aromatic rings. The van der Waals surface area contributed by atoms with Crippen molar-refractivity contribution in [1.82, 2.24) is 14.6 Å². The summed E-state index contributed by atoms with van der Waals surface area (Å²) in [4.78, 5) is 3.55. The molecule has 0 aliphatic carbocycles. The van der Waals surface area contributed by atoms with Crippen LogP contribution in [0.4, 0.5) is 13.2 Å². The summed E-state index contributed by atoms with van der Waals surface area (Å²) in [5, 5.41) is 1.49. The summed E-state index contributed by atoms with van der Waals surface area (Å²) in [6.45, 7) is 6.53. The molecule has 0 saturated heterocycles. The number of hydrogen-bond donors (Lipinski definition) is 1. The number of nitrogens with zero attached hydrogens (tertiary/aromatic N) is 3. The lowest BCUT2D eigenvalue weighted by atomic mass is 10.3. The molecule has 7 heteroatoms. The summed E-state index contributed by atoms with van der Waals surface area (Å²) in [5.74, 6) is 4.73. The van der Waals surface area contributed by atoms with Gasteiger partial charge in [0.1, 0.15) is 0 Å². The fourth-order valence-corrected chi connectivity index (χ4v) is 1.76. The van der Waals surface area contributed by atoms with Gasteiger partial charge in [-0.2, -0.15) is 13.2 Å². The standard InChI is InChI=1S/C8H11F3N4.C2H6/c1-5-6-4-14(12)2-3-15(6)7(13-5)8(9,10)11;1-2/h2-4,12H2,1H3;1-2H3. The van der Waals surface area contributed by atoms with E-state index in [0.717, 1.165) is 0 Å². The van der Waals surface area contributed by atoms with Crippen LogP contribution in [0, 0.1) is 6.92 Å². The Labute approximate surface area is 98.2 Å². The maximum absolute atomic E-state index is 12.6. The summed E-state index contributed by atoms with van der Waals surface area (Å²) in [5.41, 5.74) is 0.952. The summed E-state index contributed by atoms with van der Waals surface area (Å²) in [6.07, 6.45) is -4.39. The highest BCUT2D eigenvalue weighted by Crippen LogP contribution is 2.31. The lowest BCUT2D eigenvalue weighted by molar-refractivity contribution is -0.147. The molecule has 0 unspecified atom stereocenters. The molecule has 2 heterocycles. The van der Waals surface area contributed by atoms with Crippen LogP contribution in [0.3, 0.4) is 0 Å².